The molecule has 0 radical (unpaired) electrons. The molecular weight excluding hydrogens is 522 g/mol. The maximum atomic E-state index is 5.56. The Morgan fingerprint density at radius 2 is 1.86 bits per heavy atom. The van der Waals surface area contributed by atoms with Gasteiger partial charge in [0, 0.05) is 71.5 Å². The number of fused-ring (bicyclic) bond motifs is 2. The lowest BCUT2D eigenvalue weighted by Gasteiger charge is -2.26. The van der Waals surface area contributed by atoms with Gasteiger partial charge >= 0.3 is 0 Å². The van der Waals surface area contributed by atoms with E-state index in [0.717, 1.165) is 46.1 Å². The van der Waals surface area contributed by atoms with E-state index in [1.54, 1.807) is 18.4 Å². The Bertz CT molecular complexity index is 1460. The molecule has 0 bridgehead atoms. The molecule has 35 heavy (non-hydrogen) atoms. The fourth-order valence-corrected chi connectivity index (χ4v) is 5.97. The van der Waals surface area contributed by atoms with Crippen LogP contribution in [0.3, 0.4) is 0 Å². The van der Waals surface area contributed by atoms with Gasteiger partial charge in [0.2, 0.25) is 0 Å². The van der Waals surface area contributed by atoms with Gasteiger partial charge in [0.1, 0.15) is 16.4 Å². The van der Waals surface area contributed by atoms with Crippen molar-refractivity contribution in [2.45, 2.75) is 25.8 Å². The normalized spacial score (nSPS) is 14.5. The Labute approximate surface area is 219 Å². The zero-order valence-electron chi connectivity index (χ0n) is 20.1. The number of rotatable bonds is 6. The molecule has 0 amide bonds. The third kappa shape index (κ3) is 4.50. The molecule has 1 aliphatic rings. The van der Waals surface area contributed by atoms with Crippen molar-refractivity contribution in [1.82, 2.24) is 24.0 Å². The summed E-state index contributed by atoms with van der Waals surface area (Å²) in [5.41, 5.74) is 5.50. The van der Waals surface area contributed by atoms with Crippen molar-refractivity contribution in [2.75, 3.05) is 26.7 Å². The number of aryl methyl sites for hydroxylation is 1. The Morgan fingerprint density at radius 3 is 2.69 bits per heavy atom. The number of nitrogens with zero attached hydrogens (tertiary/aromatic N) is 5. The number of ether oxygens (including phenoxy) is 1. The number of aromatic nitrogens is 4. The molecule has 5 aromatic rings. The molecule has 1 fully saturated rings. The van der Waals surface area contributed by atoms with Gasteiger partial charge in [-0.3, -0.25) is 0 Å². The third-order valence-electron chi connectivity index (χ3n) is 6.94. The number of piperidine rings is 1. The van der Waals surface area contributed by atoms with E-state index in [4.69, 9.17) is 9.72 Å². The van der Waals surface area contributed by atoms with Crippen molar-refractivity contribution in [2.24, 2.45) is 7.05 Å². The van der Waals surface area contributed by atoms with E-state index in [2.05, 4.69) is 61.1 Å². The van der Waals surface area contributed by atoms with Gasteiger partial charge in [-0.25, -0.2) is 9.97 Å². The summed E-state index contributed by atoms with van der Waals surface area (Å²) in [4.78, 5) is 12.2. The van der Waals surface area contributed by atoms with Gasteiger partial charge < -0.3 is 18.8 Å². The molecule has 182 valence electrons. The number of methoxy groups -OCH3 is 1. The van der Waals surface area contributed by atoms with Crippen LogP contribution in [0.5, 0.6) is 5.75 Å². The highest BCUT2D eigenvalue weighted by Crippen LogP contribution is 2.38. The second-order valence-corrected chi connectivity index (χ2v) is 9.95. The zero-order valence-corrected chi connectivity index (χ0v) is 22.6. The second kappa shape index (κ2) is 10.1. The molecular formula is C27H30BrN5OS. The molecule has 5 heterocycles. The number of hydrogen-bond donors (Lipinski definition) is 0. The van der Waals surface area contributed by atoms with Crippen molar-refractivity contribution in [3.8, 4) is 27.6 Å². The summed E-state index contributed by atoms with van der Waals surface area (Å²) in [5.74, 6) is 0.874. The molecule has 8 heteroatoms. The van der Waals surface area contributed by atoms with Crippen LogP contribution in [0.1, 0.15) is 19.3 Å². The van der Waals surface area contributed by atoms with Gasteiger partial charge in [-0.1, -0.05) is 6.42 Å². The first-order chi connectivity index (χ1) is 16.7. The summed E-state index contributed by atoms with van der Waals surface area (Å²) >= 11 is 1.70. The minimum absolute atomic E-state index is 0. The fraction of sp³-hybridized carbons (Fsp3) is 0.333. The largest absolute Gasteiger partial charge is 0.497 e. The van der Waals surface area contributed by atoms with E-state index < -0.39 is 0 Å². The molecule has 0 spiro atoms. The lowest BCUT2D eigenvalue weighted by atomic mass is 10.1. The summed E-state index contributed by atoms with van der Waals surface area (Å²) in [6.07, 6.45) is 10.3. The first-order valence-corrected chi connectivity index (χ1v) is 12.8. The predicted molar refractivity (Wildman–Crippen MR) is 150 cm³/mol. The molecule has 1 aliphatic heterocycles. The lowest BCUT2D eigenvalue weighted by Crippen LogP contribution is -2.32. The number of benzene rings is 1. The second-order valence-electron chi connectivity index (χ2n) is 9.09. The van der Waals surface area contributed by atoms with Crippen LogP contribution >= 0.6 is 28.3 Å². The maximum Gasteiger partial charge on any atom is 0.140 e. The van der Waals surface area contributed by atoms with Crippen molar-refractivity contribution in [3.05, 3.63) is 54.3 Å². The number of thiazole rings is 1. The minimum Gasteiger partial charge on any atom is -0.497 e. The molecule has 0 unspecified atom stereocenters. The van der Waals surface area contributed by atoms with E-state index >= 15 is 0 Å². The van der Waals surface area contributed by atoms with Crippen LogP contribution in [0.25, 0.3) is 43.8 Å². The maximum absolute atomic E-state index is 5.56. The quantitative estimate of drug-likeness (QED) is 0.245. The predicted octanol–water partition coefficient (Wildman–Crippen LogP) is 6.39. The van der Waals surface area contributed by atoms with Gasteiger partial charge in [0.25, 0.3) is 0 Å². The Hall–Kier alpha value is -2.68. The highest BCUT2D eigenvalue weighted by atomic mass is 79.9. The van der Waals surface area contributed by atoms with E-state index in [-0.39, 0.29) is 17.0 Å². The molecule has 1 saturated heterocycles. The topological polar surface area (TPSA) is 48.1 Å². The molecule has 4 aromatic heterocycles. The van der Waals surface area contributed by atoms with Crippen LogP contribution in [0.15, 0.2) is 54.3 Å². The zero-order chi connectivity index (χ0) is 23.1. The van der Waals surface area contributed by atoms with Gasteiger partial charge in [-0.2, -0.15) is 0 Å². The van der Waals surface area contributed by atoms with Gasteiger partial charge in [-0.05, 0) is 56.3 Å². The van der Waals surface area contributed by atoms with E-state index in [1.807, 2.05) is 19.3 Å². The van der Waals surface area contributed by atoms with E-state index in [9.17, 15) is 0 Å². The van der Waals surface area contributed by atoms with Crippen LogP contribution in [0, 0.1) is 0 Å². The molecule has 0 aliphatic carbocycles. The Balaban J connectivity index is 0.00000253. The SMILES string of the molecule is Br.COc1ccc2c(c1)c(-c1nc(-c3cn(C)c4ncccc34)cs1)cn2CCN1CCCCC1. The van der Waals surface area contributed by atoms with E-state index in [0.29, 0.717) is 0 Å². The van der Waals surface area contributed by atoms with Crippen LogP contribution < -0.4 is 4.74 Å². The summed E-state index contributed by atoms with van der Waals surface area (Å²) in [5, 5.41) is 5.52. The van der Waals surface area contributed by atoms with Crippen molar-refractivity contribution < 1.29 is 4.74 Å². The molecule has 0 atom stereocenters. The molecule has 0 saturated carbocycles. The Kier molecular flexibility index (Phi) is 6.95. The van der Waals surface area contributed by atoms with Crippen LogP contribution in [0.4, 0.5) is 0 Å². The number of hydrogen-bond acceptors (Lipinski definition) is 5. The van der Waals surface area contributed by atoms with Crippen LogP contribution in [0.2, 0.25) is 0 Å². The number of halogens is 1. The summed E-state index contributed by atoms with van der Waals surface area (Å²) < 4.78 is 10.0. The summed E-state index contributed by atoms with van der Waals surface area (Å²) in [7, 11) is 3.76. The average molecular weight is 553 g/mol. The Morgan fingerprint density at radius 1 is 1.00 bits per heavy atom. The lowest BCUT2D eigenvalue weighted by molar-refractivity contribution is 0.222. The van der Waals surface area contributed by atoms with Gasteiger partial charge in [-0.15, -0.1) is 28.3 Å². The van der Waals surface area contributed by atoms with Gasteiger partial charge in [0.05, 0.1) is 12.8 Å². The highest BCUT2D eigenvalue weighted by molar-refractivity contribution is 8.93. The van der Waals surface area contributed by atoms with Crippen molar-refractivity contribution >= 4 is 50.3 Å². The number of likely N-dealkylation sites (tertiary alicyclic amines) is 1. The smallest absolute Gasteiger partial charge is 0.140 e. The summed E-state index contributed by atoms with van der Waals surface area (Å²) in [6.45, 7) is 4.50. The standard InChI is InChI=1S/C27H29N5OS.BrH/c1-30-16-22(20-7-6-10-28-26(20)30)24-18-34-27(29-24)23-17-32(14-13-31-11-4-3-5-12-31)25-9-8-19(33-2)15-21(23)25;/h6-10,15-18H,3-5,11-14H2,1-2H3;1H. The first-order valence-electron chi connectivity index (χ1n) is 12.0. The minimum atomic E-state index is 0. The molecule has 6 nitrogen and oxygen atoms in total. The fourth-order valence-electron chi connectivity index (χ4n) is 5.13. The molecule has 0 N–H and O–H groups in total. The number of pyridine rings is 1. The molecule has 1 aromatic carbocycles. The van der Waals surface area contributed by atoms with Gasteiger partial charge in [0.15, 0.2) is 0 Å². The van der Waals surface area contributed by atoms with Crippen LogP contribution in [-0.2, 0) is 13.6 Å². The van der Waals surface area contributed by atoms with E-state index in [1.165, 1.54) is 48.8 Å². The average Bonchev–Trinajstić information content (AvgIpc) is 3.59. The first kappa shape index (κ1) is 24.0. The summed E-state index contributed by atoms with van der Waals surface area (Å²) in [6, 6.07) is 10.5. The highest BCUT2D eigenvalue weighted by Gasteiger charge is 2.18. The third-order valence-corrected chi connectivity index (χ3v) is 7.81. The van der Waals surface area contributed by atoms with Crippen molar-refractivity contribution in [1.29, 1.82) is 0 Å². The van der Waals surface area contributed by atoms with Crippen LogP contribution in [-0.4, -0.2) is 50.7 Å². The monoisotopic (exact) mass is 551 g/mol. The van der Waals surface area contributed by atoms with Crippen molar-refractivity contribution in [3.63, 3.8) is 0 Å². The molecule has 6 rings (SSSR count).